The molecule has 3 heterocycles. The van der Waals surface area contributed by atoms with Crippen LogP contribution in [0.15, 0.2) is 0 Å². The summed E-state index contributed by atoms with van der Waals surface area (Å²) in [6.45, 7) is 1.83. The smallest absolute Gasteiger partial charge is 0.220 e. The van der Waals surface area contributed by atoms with E-state index in [1.807, 2.05) is 0 Å². The Balaban J connectivity index is 1.37. The van der Waals surface area contributed by atoms with E-state index in [-0.39, 0.29) is 18.9 Å². The van der Waals surface area contributed by atoms with Gasteiger partial charge in [-0.05, 0) is 12.8 Å². The van der Waals surface area contributed by atoms with Crippen LogP contribution in [0.5, 0.6) is 0 Å². The molecule has 19 heteroatoms. The van der Waals surface area contributed by atoms with Crippen LogP contribution in [0.25, 0.3) is 0 Å². The lowest BCUT2D eigenvalue weighted by Gasteiger charge is -2.48. The molecule has 19 nitrogen and oxygen atoms in total. The van der Waals surface area contributed by atoms with Crippen molar-refractivity contribution < 1.29 is 89.4 Å². The average Bonchev–Trinajstić information content (AvgIpc) is 1.95. The van der Waals surface area contributed by atoms with Crippen molar-refractivity contribution in [2.45, 2.75) is 394 Å². The summed E-state index contributed by atoms with van der Waals surface area (Å²) in [5, 5.41) is 121. The molecule has 3 aliphatic rings. The molecule has 3 fully saturated rings. The van der Waals surface area contributed by atoms with E-state index in [0.29, 0.717) is 12.8 Å². The highest BCUT2D eigenvalue weighted by molar-refractivity contribution is 5.76. The lowest BCUT2D eigenvalue weighted by atomic mass is 9.96. The highest BCUT2D eigenvalue weighted by Crippen LogP contribution is 2.33. The highest BCUT2D eigenvalue weighted by Gasteiger charge is 2.53. The maximum absolute atomic E-state index is 13.4. The van der Waals surface area contributed by atoms with Crippen molar-refractivity contribution in [1.82, 2.24) is 5.32 Å². The predicted molar refractivity (Wildman–Crippen MR) is 333 cm³/mol. The zero-order valence-corrected chi connectivity index (χ0v) is 53.8. The molecule has 0 radical (unpaired) electrons. The van der Waals surface area contributed by atoms with E-state index in [0.717, 1.165) is 44.9 Å². The van der Waals surface area contributed by atoms with Gasteiger partial charge in [-0.25, -0.2) is 0 Å². The Morgan fingerprint density at radius 2 is 0.663 bits per heavy atom. The Morgan fingerprint density at radius 3 is 1.01 bits per heavy atom. The van der Waals surface area contributed by atoms with Gasteiger partial charge in [-0.1, -0.05) is 271 Å². The van der Waals surface area contributed by atoms with Gasteiger partial charge in [-0.2, -0.15) is 0 Å². The summed E-state index contributed by atoms with van der Waals surface area (Å²) in [4.78, 5) is 13.4. The molecule has 0 aromatic carbocycles. The molecule has 3 saturated heterocycles. The van der Waals surface area contributed by atoms with Gasteiger partial charge in [0.25, 0.3) is 0 Å². The van der Waals surface area contributed by atoms with Gasteiger partial charge in [0.1, 0.15) is 73.2 Å². The Bertz CT molecular complexity index is 1570. The standard InChI is InChI=1S/C67H129NO18/c1-3-5-7-9-11-13-15-17-18-19-20-21-22-23-24-25-26-27-28-29-30-31-33-35-37-39-41-43-45-55(73)68-50(51(72)44-42-40-38-36-34-32-16-14-12-10-8-6-4-2)49-81-65-61(79)58(76)63(53(47-70)83-65)86-67-62(80)59(77)64(54(48-71)84-67)85-66-60(78)57(75)56(74)52(46-69)82-66/h50-54,56-67,69-72,74-80H,3-49H2,1-2H3,(H,68,73). The van der Waals surface area contributed by atoms with E-state index in [1.54, 1.807) is 0 Å². The van der Waals surface area contributed by atoms with Crippen LogP contribution in [0.4, 0.5) is 0 Å². The third-order valence-electron chi connectivity index (χ3n) is 18.2. The van der Waals surface area contributed by atoms with Crippen LogP contribution < -0.4 is 5.32 Å². The van der Waals surface area contributed by atoms with Crippen molar-refractivity contribution in [3.63, 3.8) is 0 Å². The van der Waals surface area contributed by atoms with E-state index in [9.17, 15) is 61.0 Å². The quantitative estimate of drug-likeness (QED) is 0.0253. The molecule has 0 aliphatic carbocycles. The molecule has 12 N–H and O–H groups in total. The minimum absolute atomic E-state index is 0.236. The molecular weight excluding hydrogens is 1110 g/mol. The summed E-state index contributed by atoms with van der Waals surface area (Å²) < 4.78 is 34.4. The van der Waals surface area contributed by atoms with Crippen molar-refractivity contribution in [2.75, 3.05) is 26.4 Å². The van der Waals surface area contributed by atoms with Gasteiger partial charge >= 0.3 is 0 Å². The summed E-state index contributed by atoms with van der Waals surface area (Å²) in [6.07, 6.45) is 26.3. The summed E-state index contributed by atoms with van der Waals surface area (Å²) in [6, 6.07) is -0.881. The van der Waals surface area contributed by atoms with E-state index in [4.69, 9.17) is 28.4 Å². The minimum atomic E-state index is -1.97. The molecule has 3 aliphatic heterocycles. The second-order valence-electron chi connectivity index (χ2n) is 25.7. The first-order valence-electron chi connectivity index (χ1n) is 35.3. The molecule has 0 aromatic rings. The number of nitrogens with one attached hydrogen (secondary N) is 1. The molecule has 3 rings (SSSR count). The first-order valence-corrected chi connectivity index (χ1v) is 35.3. The number of carbonyl (C=O) groups is 1. The summed E-state index contributed by atoms with van der Waals surface area (Å²) in [5.74, 6) is -0.236. The molecule has 1 amide bonds. The van der Waals surface area contributed by atoms with Crippen LogP contribution in [-0.4, -0.2) is 193 Å². The summed E-state index contributed by atoms with van der Waals surface area (Å²) >= 11 is 0. The number of aliphatic hydroxyl groups is 11. The third-order valence-corrected chi connectivity index (χ3v) is 18.2. The number of amides is 1. The molecule has 86 heavy (non-hydrogen) atoms. The largest absolute Gasteiger partial charge is 0.394 e. The van der Waals surface area contributed by atoms with Crippen LogP contribution in [-0.2, 0) is 33.2 Å². The second-order valence-corrected chi connectivity index (χ2v) is 25.7. The molecule has 510 valence electrons. The van der Waals surface area contributed by atoms with Gasteiger partial charge in [-0.3, -0.25) is 4.79 Å². The first-order chi connectivity index (χ1) is 41.8. The van der Waals surface area contributed by atoms with Crippen LogP contribution in [0.3, 0.4) is 0 Å². The normalized spacial score (nSPS) is 28.7. The lowest BCUT2D eigenvalue weighted by Crippen LogP contribution is -2.66. The van der Waals surface area contributed by atoms with E-state index in [2.05, 4.69) is 19.2 Å². The van der Waals surface area contributed by atoms with Crippen molar-refractivity contribution in [3.05, 3.63) is 0 Å². The number of hydrogen-bond acceptors (Lipinski definition) is 18. The van der Waals surface area contributed by atoms with Crippen LogP contribution in [0.2, 0.25) is 0 Å². The Kier molecular flexibility index (Phi) is 46.3. The molecule has 17 atom stereocenters. The molecule has 0 bridgehead atoms. The van der Waals surface area contributed by atoms with Crippen molar-refractivity contribution in [3.8, 4) is 0 Å². The van der Waals surface area contributed by atoms with Crippen LogP contribution in [0, 0.1) is 0 Å². The van der Waals surface area contributed by atoms with Crippen LogP contribution >= 0.6 is 0 Å². The highest BCUT2D eigenvalue weighted by atomic mass is 16.8. The third kappa shape index (κ3) is 32.4. The van der Waals surface area contributed by atoms with Crippen molar-refractivity contribution in [1.29, 1.82) is 0 Å². The molecule has 0 spiro atoms. The van der Waals surface area contributed by atoms with Crippen molar-refractivity contribution in [2.24, 2.45) is 0 Å². The SMILES string of the molecule is CCCCCCCCCCCCCCCCCCCCCCCCCCCCCCC(=O)NC(COC1OC(CO)C(OC2OC(CO)C(OC3OC(CO)C(O)C(O)C3O)C(O)C2O)C(O)C1O)C(O)CCCCCCCCCCCCCCC. The first kappa shape index (κ1) is 79.0. The van der Waals surface area contributed by atoms with Crippen LogP contribution in [0.1, 0.15) is 290 Å². The lowest BCUT2D eigenvalue weighted by molar-refractivity contribution is -0.379. The topological polar surface area (TPSA) is 307 Å². The molecule has 17 unspecified atom stereocenters. The van der Waals surface area contributed by atoms with Gasteiger partial charge in [0, 0.05) is 6.42 Å². The average molecular weight is 1240 g/mol. The molecule has 0 saturated carbocycles. The number of carbonyl (C=O) groups excluding carboxylic acids is 1. The zero-order chi connectivity index (χ0) is 62.6. The fourth-order valence-corrected chi connectivity index (χ4v) is 12.4. The summed E-state index contributed by atoms with van der Waals surface area (Å²) in [7, 11) is 0. The van der Waals surface area contributed by atoms with Gasteiger partial charge in [0.2, 0.25) is 5.91 Å². The predicted octanol–water partition coefficient (Wildman–Crippen LogP) is 9.11. The van der Waals surface area contributed by atoms with Gasteiger partial charge in [0.05, 0.1) is 38.6 Å². The van der Waals surface area contributed by atoms with E-state index >= 15 is 0 Å². The second kappa shape index (κ2) is 50.4. The van der Waals surface area contributed by atoms with E-state index < -0.39 is 124 Å². The Labute approximate surface area is 519 Å². The zero-order valence-electron chi connectivity index (χ0n) is 53.8. The number of aliphatic hydroxyl groups excluding tert-OH is 11. The van der Waals surface area contributed by atoms with Crippen molar-refractivity contribution >= 4 is 5.91 Å². The number of ether oxygens (including phenoxy) is 6. The maximum Gasteiger partial charge on any atom is 0.220 e. The molecule has 0 aromatic heterocycles. The Morgan fingerprint density at radius 1 is 0.372 bits per heavy atom. The number of hydrogen-bond donors (Lipinski definition) is 12. The van der Waals surface area contributed by atoms with Gasteiger partial charge in [-0.15, -0.1) is 0 Å². The number of rotatable bonds is 55. The minimum Gasteiger partial charge on any atom is -0.394 e. The summed E-state index contributed by atoms with van der Waals surface area (Å²) in [5.41, 5.74) is 0. The maximum atomic E-state index is 13.4. The number of unbranched alkanes of at least 4 members (excludes halogenated alkanes) is 39. The fourth-order valence-electron chi connectivity index (χ4n) is 12.4. The molecular formula is C67H129NO18. The Hall–Kier alpha value is -1.21. The van der Waals surface area contributed by atoms with E-state index in [1.165, 1.54) is 212 Å². The fraction of sp³-hybridized carbons (Fsp3) is 0.985. The van der Waals surface area contributed by atoms with Gasteiger partial charge < -0.3 is 89.9 Å². The monoisotopic (exact) mass is 1240 g/mol. The van der Waals surface area contributed by atoms with Gasteiger partial charge in [0.15, 0.2) is 18.9 Å².